The van der Waals surface area contributed by atoms with Gasteiger partial charge in [-0.2, -0.15) is 5.10 Å². The summed E-state index contributed by atoms with van der Waals surface area (Å²) in [5.74, 6) is -0.624. The SMILES string of the molecule is NC(=O)c1ccc(CC(=O)c2[nH]ncc2CNc2ccccc2C(O)c2ccccc2)cc1. The van der Waals surface area contributed by atoms with Crippen LogP contribution in [0.2, 0.25) is 0 Å². The van der Waals surface area contributed by atoms with Gasteiger partial charge in [0.2, 0.25) is 5.91 Å². The van der Waals surface area contributed by atoms with Gasteiger partial charge < -0.3 is 16.2 Å². The van der Waals surface area contributed by atoms with Crippen molar-refractivity contribution in [1.82, 2.24) is 10.2 Å². The van der Waals surface area contributed by atoms with Crippen LogP contribution in [0.5, 0.6) is 0 Å². The van der Waals surface area contributed by atoms with Gasteiger partial charge in [-0.05, 0) is 29.3 Å². The molecule has 1 atom stereocenters. The lowest BCUT2D eigenvalue weighted by Crippen LogP contribution is -2.12. The molecule has 0 saturated carbocycles. The lowest BCUT2D eigenvalue weighted by atomic mass is 9.99. The number of aromatic nitrogens is 2. The fourth-order valence-corrected chi connectivity index (χ4v) is 3.65. The van der Waals surface area contributed by atoms with Gasteiger partial charge in [-0.3, -0.25) is 14.7 Å². The quantitative estimate of drug-likeness (QED) is 0.296. The van der Waals surface area contributed by atoms with Crippen LogP contribution in [0.1, 0.15) is 49.2 Å². The minimum Gasteiger partial charge on any atom is -0.384 e. The number of carbonyl (C=O) groups excluding carboxylic acids is 2. The number of hydrogen-bond donors (Lipinski definition) is 4. The van der Waals surface area contributed by atoms with Crippen LogP contribution in [0.25, 0.3) is 0 Å². The molecule has 1 unspecified atom stereocenters. The normalized spacial score (nSPS) is 11.7. The Morgan fingerprint density at radius 3 is 2.39 bits per heavy atom. The Balaban J connectivity index is 1.46. The summed E-state index contributed by atoms with van der Waals surface area (Å²) in [5.41, 5.74) is 9.89. The van der Waals surface area contributed by atoms with Crippen molar-refractivity contribution < 1.29 is 14.7 Å². The molecule has 1 heterocycles. The fraction of sp³-hybridized carbons (Fsp3) is 0.115. The van der Waals surface area contributed by atoms with Crippen molar-refractivity contribution in [3.63, 3.8) is 0 Å². The van der Waals surface area contributed by atoms with E-state index in [0.717, 1.165) is 27.9 Å². The summed E-state index contributed by atoms with van der Waals surface area (Å²) >= 11 is 0. The molecule has 7 nitrogen and oxygen atoms in total. The van der Waals surface area contributed by atoms with E-state index in [0.29, 0.717) is 17.8 Å². The van der Waals surface area contributed by atoms with E-state index in [1.165, 1.54) is 0 Å². The molecule has 1 aromatic heterocycles. The maximum Gasteiger partial charge on any atom is 0.248 e. The third-order valence-electron chi connectivity index (χ3n) is 5.44. The van der Waals surface area contributed by atoms with Gasteiger partial charge in [-0.1, -0.05) is 60.7 Å². The Bertz CT molecular complexity index is 1250. The van der Waals surface area contributed by atoms with E-state index in [4.69, 9.17) is 5.73 Å². The van der Waals surface area contributed by atoms with E-state index in [-0.39, 0.29) is 12.2 Å². The number of rotatable bonds is 9. The maximum absolute atomic E-state index is 12.9. The van der Waals surface area contributed by atoms with E-state index in [1.54, 1.807) is 30.5 Å². The third-order valence-corrected chi connectivity index (χ3v) is 5.44. The first-order valence-electron chi connectivity index (χ1n) is 10.5. The average molecular weight is 441 g/mol. The molecular weight excluding hydrogens is 416 g/mol. The Hall–Kier alpha value is -4.23. The summed E-state index contributed by atoms with van der Waals surface area (Å²) in [6.07, 6.45) is 1.01. The standard InChI is InChI=1S/C26H24N4O3/c27-26(33)19-12-10-17(11-13-19)14-23(31)24-20(16-29-30-24)15-28-22-9-5-4-8-21(22)25(32)18-6-2-1-3-7-18/h1-13,16,25,28,32H,14-15H2,(H2,27,33)(H,29,30). The molecule has 7 heteroatoms. The maximum atomic E-state index is 12.9. The number of aromatic amines is 1. The number of primary amides is 1. The van der Waals surface area contributed by atoms with E-state index in [9.17, 15) is 14.7 Å². The molecule has 0 spiro atoms. The van der Waals surface area contributed by atoms with E-state index in [2.05, 4.69) is 15.5 Å². The summed E-state index contributed by atoms with van der Waals surface area (Å²) in [6.45, 7) is 0.358. The van der Waals surface area contributed by atoms with Crippen molar-refractivity contribution in [1.29, 1.82) is 0 Å². The number of hydrogen-bond acceptors (Lipinski definition) is 5. The number of benzene rings is 3. The number of aliphatic hydroxyl groups excluding tert-OH is 1. The lowest BCUT2D eigenvalue weighted by molar-refractivity contribution is 0.0984. The van der Waals surface area contributed by atoms with Crippen LogP contribution in [0, 0.1) is 0 Å². The van der Waals surface area contributed by atoms with E-state index < -0.39 is 12.0 Å². The minimum atomic E-state index is -0.774. The number of para-hydroxylation sites is 1. The molecule has 0 aliphatic rings. The fourth-order valence-electron chi connectivity index (χ4n) is 3.65. The lowest BCUT2D eigenvalue weighted by Gasteiger charge is -2.17. The van der Waals surface area contributed by atoms with Crippen molar-refractivity contribution in [2.45, 2.75) is 19.1 Å². The van der Waals surface area contributed by atoms with Crippen LogP contribution in [0.15, 0.2) is 85.1 Å². The first-order chi connectivity index (χ1) is 16.0. The minimum absolute atomic E-state index is 0.117. The predicted molar refractivity (Wildman–Crippen MR) is 126 cm³/mol. The molecule has 0 aliphatic heterocycles. The van der Waals surface area contributed by atoms with Crippen LogP contribution >= 0.6 is 0 Å². The highest BCUT2D eigenvalue weighted by Gasteiger charge is 2.17. The van der Waals surface area contributed by atoms with E-state index >= 15 is 0 Å². The van der Waals surface area contributed by atoms with Gasteiger partial charge in [0.25, 0.3) is 0 Å². The second kappa shape index (κ2) is 9.93. The van der Waals surface area contributed by atoms with Crippen LogP contribution in [0.4, 0.5) is 5.69 Å². The predicted octanol–water partition coefficient (Wildman–Crippen LogP) is 3.63. The monoisotopic (exact) mass is 440 g/mol. The Morgan fingerprint density at radius 2 is 1.67 bits per heavy atom. The Labute approximate surface area is 191 Å². The molecule has 0 saturated heterocycles. The number of amides is 1. The highest BCUT2D eigenvalue weighted by molar-refractivity contribution is 5.97. The number of H-pyrrole nitrogens is 1. The molecule has 3 aromatic carbocycles. The average Bonchev–Trinajstić information content (AvgIpc) is 3.32. The smallest absolute Gasteiger partial charge is 0.248 e. The molecule has 166 valence electrons. The van der Waals surface area contributed by atoms with Crippen LogP contribution in [0.3, 0.4) is 0 Å². The molecular formula is C26H24N4O3. The van der Waals surface area contributed by atoms with Crippen molar-refractivity contribution in [2.24, 2.45) is 5.73 Å². The second-order valence-corrected chi connectivity index (χ2v) is 7.69. The summed E-state index contributed by atoms with van der Waals surface area (Å²) in [4.78, 5) is 24.1. The number of nitrogens with one attached hydrogen (secondary N) is 2. The zero-order valence-electron chi connectivity index (χ0n) is 17.9. The highest BCUT2D eigenvalue weighted by Crippen LogP contribution is 2.28. The Kier molecular flexibility index (Phi) is 6.61. The van der Waals surface area contributed by atoms with Crippen LogP contribution < -0.4 is 11.1 Å². The summed E-state index contributed by atoms with van der Waals surface area (Å²) in [7, 11) is 0. The molecule has 5 N–H and O–H groups in total. The van der Waals surface area contributed by atoms with Crippen molar-refractivity contribution in [3.05, 3.63) is 119 Å². The van der Waals surface area contributed by atoms with Gasteiger partial charge in [0.05, 0.1) is 6.20 Å². The molecule has 1 amide bonds. The zero-order chi connectivity index (χ0) is 23.2. The Morgan fingerprint density at radius 1 is 0.970 bits per heavy atom. The van der Waals surface area contributed by atoms with Gasteiger partial charge in [-0.15, -0.1) is 0 Å². The number of ketones is 1. The summed E-state index contributed by atoms with van der Waals surface area (Å²) < 4.78 is 0. The van der Waals surface area contributed by atoms with Crippen molar-refractivity contribution in [3.8, 4) is 0 Å². The van der Waals surface area contributed by atoms with Gasteiger partial charge in [-0.25, -0.2) is 0 Å². The summed E-state index contributed by atoms with van der Waals surface area (Å²) in [6, 6.07) is 23.6. The molecule has 33 heavy (non-hydrogen) atoms. The molecule has 4 aromatic rings. The van der Waals surface area contributed by atoms with Crippen LogP contribution in [-0.2, 0) is 13.0 Å². The molecule has 0 aliphatic carbocycles. The van der Waals surface area contributed by atoms with E-state index in [1.807, 2.05) is 54.6 Å². The highest BCUT2D eigenvalue weighted by atomic mass is 16.3. The number of nitrogens with two attached hydrogens (primary N) is 1. The number of anilines is 1. The second-order valence-electron chi connectivity index (χ2n) is 7.69. The van der Waals surface area contributed by atoms with Crippen molar-refractivity contribution >= 4 is 17.4 Å². The molecule has 4 rings (SSSR count). The van der Waals surface area contributed by atoms with Crippen molar-refractivity contribution in [2.75, 3.05) is 5.32 Å². The number of Topliss-reactive ketones (excluding diaryl/α,β-unsaturated/α-hetero) is 1. The molecule has 0 bridgehead atoms. The first kappa shape index (κ1) is 22.0. The van der Waals surface area contributed by atoms with Gasteiger partial charge in [0.1, 0.15) is 11.8 Å². The molecule has 0 radical (unpaired) electrons. The molecule has 0 fully saturated rings. The van der Waals surface area contributed by atoms with Gasteiger partial charge >= 0.3 is 0 Å². The summed E-state index contributed by atoms with van der Waals surface area (Å²) in [5, 5.41) is 21.0. The zero-order valence-corrected chi connectivity index (χ0v) is 17.9. The largest absolute Gasteiger partial charge is 0.384 e. The van der Waals surface area contributed by atoms with Crippen LogP contribution in [-0.4, -0.2) is 27.0 Å². The third kappa shape index (κ3) is 5.16. The van der Waals surface area contributed by atoms with Gasteiger partial charge in [0, 0.05) is 35.3 Å². The number of aliphatic hydroxyl groups is 1. The number of carbonyl (C=O) groups is 2. The topological polar surface area (TPSA) is 121 Å². The van der Waals surface area contributed by atoms with Gasteiger partial charge in [0.15, 0.2) is 5.78 Å². The first-order valence-corrected chi connectivity index (χ1v) is 10.5. The number of nitrogens with zero attached hydrogens (tertiary/aromatic N) is 1.